The van der Waals surface area contributed by atoms with Crippen LogP contribution in [0.5, 0.6) is 0 Å². The smallest absolute Gasteiger partial charge is 0.0218 e. The van der Waals surface area contributed by atoms with Crippen LogP contribution in [-0.2, 0) is 0 Å². The number of rotatable bonds is 2. The first-order valence-electron chi connectivity index (χ1n) is 5.26. The van der Waals surface area contributed by atoms with Gasteiger partial charge >= 0.3 is 0 Å². The van der Waals surface area contributed by atoms with Crippen molar-refractivity contribution >= 4 is 0 Å². The van der Waals surface area contributed by atoms with E-state index in [1.807, 2.05) is 13.8 Å². The Kier molecular flexibility index (Phi) is 7.51. The molecule has 12 heavy (non-hydrogen) atoms. The minimum Gasteiger partial charge on any atom is -0.315 e. The van der Waals surface area contributed by atoms with Crippen LogP contribution >= 0.6 is 0 Å². The van der Waals surface area contributed by atoms with Gasteiger partial charge in [0.05, 0.1) is 0 Å². The summed E-state index contributed by atoms with van der Waals surface area (Å²) in [6.07, 6.45) is 2.65. The molecular formula is C10H24N2. The molecular weight excluding hydrogens is 148 g/mol. The summed E-state index contributed by atoms with van der Waals surface area (Å²) in [6, 6.07) is 0.707. The summed E-state index contributed by atoms with van der Waals surface area (Å²) in [5.41, 5.74) is 0. The second-order valence-electron chi connectivity index (χ2n) is 3.06. The zero-order valence-corrected chi connectivity index (χ0v) is 8.98. The molecule has 0 radical (unpaired) electrons. The van der Waals surface area contributed by atoms with Gasteiger partial charge in [0, 0.05) is 12.6 Å². The quantitative estimate of drug-likeness (QED) is 0.661. The van der Waals surface area contributed by atoms with Crippen LogP contribution in [0.1, 0.15) is 33.6 Å². The maximum absolute atomic E-state index is 3.39. The van der Waals surface area contributed by atoms with E-state index in [1.165, 1.54) is 19.4 Å². The fraction of sp³-hybridized carbons (Fsp3) is 1.00. The molecule has 2 atom stereocenters. The Balaban J connectivity index is 0.000000561. The Morgan fingerprint density at radius 3 is 2.50 bits per heavy atom. The summed E-state index contributed by atoms with van der Waals surface area (Å²) >= 11 is 0. The summed E-state index contributed by atoms with van der Waals surface area (Å²) in [4.78, 5) is 0. The predicted molar refractivity (Wildman–Crippen MR) is 55.5 cm³/mol. The van der Waals surface area contributed by atoms with E-state index in [9.17, 15) is 0 Å². The maximum Gasteiger partial charge on any atom is 0.0218 e. The van der Waals surface area contributed by atoms with E-state index in [0.717, 1.165) is 12.5 Å². The standard InChI is InChI=1S/C8H18N2.C2H6/c1-3-7-4-5-10-6-8(7)9-2;1-2/h7-10H,3-6H2,1-2H3;1-2H3. The second kappa shape index (κ2) is 7.56. The average Bonchev–Trinajstić information content (AvgIpc) is 2.20. The highest BCUT2D eigenvalue weighted by atomic mass is 15.0. The lowest BCUT2D eigenvalue weighted by Gasteiger charge is -2.31. The van der Waals surface area contributed by atoms with E-state index >= 15 is 0 Å². The van der Waals surface area contributed by atoms with Gasteiger partial charge < -0.3 is 10.6 Å². The number of likely N-dealkylation sites (N-methyl/N-ethyl adjacent to an activating group) is 1. The third-order valence-corrected chi connectivity index (χ3v) is 2.52. The fourth-order valence-corrected chi connectivity index (χ4v) is 1.74. The van der Waals surface area contributed by atoms with Gasteiger partial charge in [0.2, 0.25) is 0 Å². The Hall–Kier alpha value is -0.0800. The number of nitrogens with one attached hydrogen (secondary N) is 2. The Bertz CT molecular complexity index is 81.8. The first kappa shape index (κ1) is 11.9. The second-order valence-corrected chi connectivity index (χ2v) is 3.06. The molecule has 2 nitrogen and oxygen atoms in total. The van der Waals surface area contributed by atoms with E-state index in [1.54, 1.807) is 0 Å². The van der Waals surface area contributed by atoms with Crippen molar-refractivity contribution in [1.29, 1.82) is 0 Å². The molecule has 2 unspecified atom stereocenters. The Labute approximate surface area is 77.1 Å². The molecule has 0 amide bonds. The van der Waals surface area contributed by atoms with Crippen LogP contribution in [-0.4, -0.2) is 26.2 Å². The molecule has 1 rings (SSSR count). The summed E-state index contributed by atoms with van der Waals surface area (Å²) in [5, 5.41) is 6.73. The number of hydrogen-bond donors (Lipinski definition) is 2. The third kappa shape index (κ3) is 3.55. The van der Waals surface area contributed by atoms with Crippen LogP contribution < -0.4 is 10.6 Å². The van der Waals surface area contributed by atoms with Gasteiger partial charge in [0.1, 0.15) is 0 Å². The van der Waals surface area contributed by atoms with Gasteiger partial charge in [-0.2, -0.15) is 0 Å². The monoisotopic (exact) mass is 172 g/mol. The summed E-state index contributed by atoms with van der Waals surface area (Å²) in [6.45, 7) is 8.63. The van der Waals surface area contributed by atoms with Gasteiger partial charge in [-0.15, -0.1) is 0 Å². The van der Waals surface area contributed by atoms with Crippen LogP contribution in [0.25, 0.3) is 0 Å². The molecule has 2 heteroatoms. The molecule has 1 aliphatic heterocycles. The van der Waals surface area contributed by atoms with Gasteiger partial charge in [0.15, 0.2) is 0 Å². The highest BCUT2D eigenvalue weighted by Crippen LogP contribution is 2.15. The molecule has 0 aromatic carbocycles. The van der Waals surface area contributed by atoms with Crippen molar-refractivity contribution in [1.82, 2.24) is 10.6 Å². The van der Waals surface area contributed by atoms with E-state index in [2.05, 4.69) is 24.6 Å². The molecule has 0 spiro atoms. The molecule has 2 N–H and O–H groups in total. The third-order valence-electron chi connectivity index (χ3n) is 2.52. The topological polar surface area (TPSA) is 24.1 Å². The lowest BCUT2D eigenvalue weighted by molar-refractivity contribution is 0.283. The first-order chi connectivity index (χ1) is 5.88. The summed E-state index contributed by atoms with van der Waals surface area (Å²) in [5.74, 6) is 0.895. The van der Waals surface area contributed by atoms with Gasteiger partial charge in [0.25, 0.3) is 0 Å². The minimum absolute atomic E-state index is 0.707. The largest absolute Gasteiger partial charge is 0.315 e. The van der Waals surface area contributed by atoms with Crippen molar-refractivity contribution in [2.24, 2.45) is 5.92 Å². The molecule has 0 aliphatic carbocycles. The Morgan fingerprint density at radius 1 is 1.42 bits per heavy atom. The SMILES string of the molecule is CC.CCC1CCNCC1NC. The average molecular weight is 172 g/mol. The summed E-state index contributed by atoms with van der Waals surface area (Å²) < 4.78 is 0. The van der Waals surface area contributed by atoms with Gasteiger partial charge in [-0.1, -0.05) is 27.2 Å². The van der Waals surface area contributed by atoms with E-state index in [-0.39, 0.29) is 0 Å². The number of piperidine rings is 1. The maximum atomic E-state index is 3.39. The van der Waals surface area contributed by atoms with Crippen LogP contribution in [0.2, 0.25) is 0 Å². The highest BCUT2D eigenvalue weighted by molar-refractivity contribution is 4.81. The Morgan fingerprint density at radius 2 is 2.08 bits per heavy atom. The highest BCUT2D eigenvalue weighted by Gasteiger charge is 2.20. The number of hydrogen-bond acceptors (Lipinski definition) is 2. The lowest BCUT2D eigenvalue weighted by atomic mass is 9.91. The zero-order chi connectivity index (χ0) is 9.40. The van der Waals surface area contributed by atoms with Crippen LogP contribution in [0.3, 0.4) is 0 Å². The fourth-order valence-electron chi connectivity index (χ4n) is 1.74. The van der Waals surface area contributed by atoms with Crippen molar-refractivity contribution in [3.8, 4) is 0 Å². The van der Waals surface area contributed by atoms with Crippen molar-refractivity contribution in [2.75, 3.05) is 20.1 Å². The molecule has 1 fully saturated rings. The molecule has 0 aromatic rings. The van der Waals surface area contributed by atoms with Gasteiger partial charge in [-0.25, -0.2) is 0 Å². The molecule has 0 bridgehead atoms. The van der Waals surface area contributed by atoms with E-state index in [4.69, 9.17) is 0 Å². The van der Waals surface area contributed by atoms with Crippen molar-refractivity contribution in [3.63, 3.8) is 0 Å². The van der Waals surface area contributed by atoms with Crippen LogP contribution in [0, 0.1) is 5.92 Å². The minimum atomic E-state index is 0.707. The normalized spacial score (nSPS) is 29.0. The first-order valence-corrected chi connectivity index (χ1v) is 5.26. The molecule has 1 saturated heterocycles. The lowest BCUT2D eigenvalue weighted by Crippen LogP contribution is -2.47. The summed E-state index contributed by atoms with van der Waals surface area (Å²) in [7, 11) is 2.06. The van der Waals surface area contributed by atoms with Crippen LogP contribution in [0.15, 0.2) is 0 Å². The predicted octanol–water partition coefficient (Wildman–Crippen LogP) is 1.62. The van der Waals surface area contributed by atoms with E-state index < -0.39 is 0 Å². The molecule has 1 aliphatic rings. The van der Waals surface area contributed by atoms with Crippen molar-refractivity contribution in [3.05, 3.63) is 0 Å². The zero-order valence-electron chi connectivity index (χ0n) is 8.98. The van der Waals surface area contributed by atoms with Gasteiger partial charge in [-0.3, -0.25) is 0 Å². The van der Waals surface area contributed by atoms with Crippen molar-refractivity contribution in [2.45, 2.75) is 39.7 Å². The van der Waals surface area contributed by atoms with Gasteiger partial charge in [-0.05, 0) is 25.9 Å². The molecule has 0 saturated carbocycles. The molecule has 0 aromatic heterocycles. The molecule has 74 valence electrons. The van der Waals surface area contributed by atoms with Crippen molar-refractivity contribution < 1.29 is 0 Å². The van der Waals surface area contributed by atoms with Crippen LogP contribution in [0.4, 0.5) is 0 Å². The van der Waals surface area contributed by atoms with E-state index in [0.29, 0.717) is 6.04 Å². The molecule has 1 heterocycles.